The molecule has 18 heavy (non-hydrogen) atoms. The van der Waals surface area contributed by atoms with Gasteiger partial charge in [0.25, 0.3) is 5.91 Å². The van der Waals surface area contributed by atoms with Gasteiger partial charge < -0.3 is 10.7 Å². The van der Waals surface area contributed by atoms with Crippen molar-refractivity contribution in [2.75, 3.05) is 10.7 Å². The fraction of sp³-hybridized carbons (Fsp3) is 0.182. The standard InChI is InChI=1S/C11H14N6O/c1-2-17-7-8(5-14-17)15-11(18)9-6-13-4-3-10(9)16-12/h3-7H,2,12H2,1H3,(H,13,16)(H,15,18). The number of carbonyl (C=O) groups excluding carboxylic acids is 1. The van der Waals surface area contributed by atoms with Crippen LogP contribution in [0.1, 0.15) is 17.3 Å². The van der Waals surface area contributed by atoms with Gasteiger partial charge >= 0.3 is 0 Å². The number of rotatable bonds is 4. The van der Waals surface area contributed by atoms with Gasteiger partial charge in [-0.15, -0.1) is 0 Å². The van der Waals surface area contributed by atoms with Crippen LogP contribution in [0.2, 0.25) is 0 Å². The molecule has 2 aromatic heterocycles. The van der Waals surface area contributed by atoms with E-state index < -0.39 is 0 Å². The molecule has 0 spiro atoms. The van der Waals surface area contributed by atoms with Crippen molar-refractivity contribution in [2.24, 2.45) is 5.84 Å². The van der Waals surface area contributed by atoms with Gasteiger partial charge in [-0.1, -0.05) is 0 Å². The molecule has 4 N–H and O–H groups in total. The Morgan fingerprint density at radius 2 is 2.33 bits per heavy atom. The van der Waals surface area contributed by atoms with E-state index in [0.717, 1.165) is 6.54 Å². The molecule has 0 aliphatic carbocycles. The predicted molar refractivity (Wildman–Crippen MR) is 67.9 cm³/mol. The van der Waals surface area contributed by atoms with Crippen molar-refractivity contribution in [1.29, 1.82) is 0 Å². The van der Waals surface area contributed by atoms with Crippen LogP contribution in [0.4, 0.5) is 11.4 Å². The number of hydrogen-bond donors (Lipinski definition) is 3. The average molecular weight is 246 g/mol. The van der Waals surface area contributed by atoms with Crippen molar-refractivity contribution in [3.05, 3.63) is 36.4 Å². The molecule has 0 aromatic carbocycles. The molecule has 0 fully saturated rings. The SMILES string of the molecule is CCn1cc(NC(=O)c2cnccc2NN)cn1. The molecule has 2 heterocycles. The second-order valence-electron chi connectivity index (χ2n) is 3.60. The van der Waals surface area contributed by atoms with Gasteiger partial charge in [0, 0.05) is 25.1 Å². The van der Waals surface area contributed by atoms with Crippen LogP contribution in [0.15, 0.2) is 30.9 Å². The van der Waals surface area contributed by atoms with E-state index in [0.29, 0.717) is 16.9 Å². The van der Waals surface area contributed by atoms with Crippen LogP contribution in [-0.2, 0) is 6.54 Å². The first-order chi connectivity index (χ1) is 8.74. The minimum atomic E-state index is -0.285. The fourth-order valence-corrected chi connectivity index (χ4v) is 1.50. The van der Waals surface area contributed by atoms with Gasteiger partial charge in [-0.05, 0) is 13.0 Å². The molecule has 0 bridgehead atoms. The third-order valence-electron chi connectivity index (χ3n) is 2.44. The third kappa shape index (κ3) is 2.46. The molecule has 0 aliphatic heterocycles. The molecule has 0 aliphatic rings. The van der Waals surface area contributed by atoms with E-state index in [1.165, 1.54) is 6.20 Å². The summed E-state index contributed by atoms with van der Waals surface area (Å²) in [6.07, 6.45) is 6.35. The van der Waals surface area contributed by atoms with Crippen LogP contribution >= 0.6 is 0 Å². The number of nitrogens with two attached hydrogens (primary N) is 1. The molecule has 0 atom stereocenters. The van der Waals surface area contributed by atoms with E-state index in [4.69, 9.17) is 5.84 Å². The highest BCUT2D eigenvalue weighted by atomic mass is 16.1. The highest BCUT2D eigenvalue weighted by molar-refractivity contribution is 6.07. The maximum Gasteiger partial charge on any atom is 0.259 e. The van der Waals surface area contributed by atoms with Crippen molar-refractivity contribution < 1.29 is 4.79 Å². The number of nitrogens with zero attached hydrogens (tertiary/aromatic N) is 3. The van der Waals surface area contributed by atoms with Crippen LogP contribution < -0.4 is 16.6 Å². The van der Waals surface area contributed by atoms with Gasteiger partial charge in [0.05, 0.1) is 23.1 Å². The number of aromatic nitrogens is 3. The Hall–Kier alpha value is -2.41. The first kappa shape index (κ1) is 12.1. The number of pyridine rings is 1. The second-order valence-corrected chi connectivity index (χ2v) is 3.60. The zero-order valence-corrected chi connectivity index (χ0v) is 9.92. The predicted octanol–water partition coefficient (Wildman–Crippen LogP) is 0.836. The maximum absolute atomic E-state index is 12.0. The van der Waals surface area contributed by atoms with E-state index in [1.807, 2.05) is 6.92 Å². The van der Waals surface area contributed by atoms with E-state index in [1.54, 1.807) is 29.3 Å². The number of hydrogen-bond acceptors (Lipinski definition) is 5. The summed E-state index contributed by atoms with van der Waals surface area (Å²) in [5.41, 5.74) is 3.99. The molecule has 94 valence electrons. The van der Waals surface area contributed by atoms with Crippen LogP contribution in [-0.4, -0.2) is 20.7 Å². The number of nitrogen functional groups attached to an aromatic ring is 1. The minimum Gasteiger partial charge on any atom is -0.323 e. The summed E-state index contributed by atoms with van der Waals surface area (Å²) in [5.74, 6) is 5.05. The highest BCUT2D eigenvalue weighted by Crippen LogP contribution is 2.14. The Morgan fingerprint density at radius 3 is 3.00 bits per heavy atom. The lowest BCUT2D eigenvalue weighted by Gasteiger charge is -2.07. The Morgan fingerprint density at radius 1 is 1.50 bits per heavy atom. The number of amides is 1. The Labute approximate surface area is 104 Å². The first-order valence-electron chi connectivity index (χ1n) is 5.49. The van der Waals surface area contributed by atoms with Crippen LogP contribution in [0.3, 0.4) is 0 Å². The first-order valence-corrected chi connectivity index (χ1v) is 5.49. The number of hydrazine groups is 1. The summed E-state index contributed by atoms with van der Waals surface area (Å²) in [5, 5.41) is 6.80. The topological polar surface area (TPSA) is 97.9 Å². The van der Waals surface area contributed by atoms with Crippen LogP contribution in [0.25, 0.3) is 0 Å². The smallest absolute Gasteiger partial charge is 0.259 e. The average Bonchev–Trinajstić information content (AvgIpc) is 2.86. The highest BCUT2D eigenvalue weighted by Gasteiger charge is 2.11. The lowest BCUT2D eigenvalue weighted by Crippen LogP contribution is -2.17. The molecule has 2 aromatic rings. The number of nitrogens with one attached hydrogen (secondary N) is 2. The van der Waals surface area contributed by atoms with Gasteiger partial charge in [0.2, 0.25) is 0 Å². The van der Waals surface area contributed by atoms with E-state index in [9.17, 15) is 4.79 Å². The maximum atomic E-state index is 12.0. The molecule has 2 rings (SSSR count). The summed E-state index contributed by atoms with van der Waals surface area (Å²) >= 11 is 0. The largest absolute Gasteiger partial charge is 0.323 e. The van der Waals surface area contributed by atoms with Gasteiger partial charge in [0.15, 0.2) is 0 Å². The fourth-order valence-electron chi connectivity index (χ4n) is 1.50. The minimum absolute atomic E-state index is 0.285. The molecule has 7 heteroatoms. The third-order valence-corrected chi connectivity index (χ3v) is 2.44. The molecule has 1 amide bonds. The Bertz CT molecular complexity index is 550. The molecule has 0 unspecified atom stereocenters. The normalized spacial score (nSPS) is 10.1. The summed E-state index contributed by atoms with van der Waals surface area (Å²) in [7, 11) is 0. The zero-order chi connectivity index (χ0) is 13.0. The molecule has 0 saturated heterocycles. The molecular weight excluding hydrogens is 232 g/mol. The second kappa shape index (κ2) is 5.28. The van der Waals surface area contributed by atoms with Gasteiger partial charge in [0.1, 0.15) is 0 Å². The van der Waals surface area contributed by atoms with Crippen molar-refractivity contribution >= 4 is 17.3 Å². The zero-order valence-electron chi connectivity index (χ0n) is 9.92. The van der Waals surface area contributed by atoms with Gasteiger partial charge in [-0.25, -0.2) is 0 Å². The molecule has 7 nitrogen and oxygen atoms in total. The lowest BCUT2D eigenvalue weighted by atomic mass is 10.2. The van der Waals surface area contributed by atoms with Gasteiger partial charge in [-0.2, -0.15) is 5.10 Å². The van der Waals surface area contributed by atoms with E-state index in [-0.39, 0.29) is 5.91 Å². The monoisotopic (exact) mass is 246 g/mol. The summed E-state index contributed by atoms with van der Waals surface area (Å²) in [4.78, 5) is 15.9. The number of anilines is 2. The summed E-state index contributed by atoms with van der Waals surface area (Å²) in [6.45, 7) is 2.72. The van der Waals surface area contributed by atoms with Gasteiger partial charge in [-0.3, -0.25) is 20.3 Å². The quantitative estimate of drug-likeness (QED) is 0.548. The summed E-state index contributed by atoms with van der Waals surface area (Å²) in [6, 6.07) is 1.63. The number of aryl methyl sites for hydroxylation is 1. The summed E-state index contributed by atoms with van der Waals surface area (Å²) < 4.78 is 1.72. The molecule has 0 saturated carbocycles. The van der Waals surface area contributed by atoms with Crippen LogP contribution in [0.5, 0.6) is 0 Å². The molecule has 0 radical (unpaired) electrons. The Balaban J connectivity index is 2.16. The molecular formula is C11H14N6O. The van der Waals surface area contributed by atoms with Crippen molar-refractivity contribution in [1.82, 2.24) is 14.8 Å². The van der Waals surface area contributed by atoms with Crippen molar-refractivity contribution in [2.45, 2.75) is 13.5 Å². The van der Waals surface area contributed by atoms with Crippen molar-refractivity contribution in [3.8, 4) is 0 Å². The Kier molecular flexibility index (Phi) is 3.54. The lowest BCUT2D eigenvalue weighted by molar-refractivity contribution is 0.102. The van der Waals surface area contributed by atoms with Crippen LogP contribution in [0, 0.1) is 0 Å². The van der Waals surface area contributed by atoms with E-state index >= 15 is 0 Å². The van der Waals surface area contributed by atoms with E-state index in [2.05, 4.69) is 20.8 Å². The van der Waals surface area contributed by atoms with Crippen molar-refractivity contribution in [3.63, 3.8) is 0 Å². The number of carbonyl (C=O) groups is 1.